The van der Waals surface area contributed by atoms with Gasteiger partial charge in [-0.2, -0.15) is 8.78 Å². The molecule has 0 amide bonds. The number of rotatable bonds is 6. The molecular formula is C17H11F5O5. The third-order valence-corrected chi connectivity index (χ3v) is 3.59. The third-order valence-electron chi connectivity index (χ3n) is 3.59. The Hall–Kier alpha value is -2.88. The number of hydrogen-bond donors (Lipinski definition) is 0. The summed E-state index contributed by atoms with van der Waals surface area (Å²) in [6, 6.07) is 3.64. The van der Waals surface area contributed by atoms with Crippen LogP contribution in [0.2, 0.25) is 0 Å². The molecule has 1 saturated heterocycles. The first-order valence-electron chi connectivity index (χ1n) is 7.49. The smallest absolute Gasteiger partial charge is 0.343 e. The van der Waals surface area contributed by atoms with E-state index >= 15 is 0 Å². The van der Waals surface area contributed by atoms with Gasteiger partial charge in [0.25, 0.3) is 0 Å². The normalized spacial score (nSPS) is 15.4. The van der Waals surface area contributed by atoms with Crippen molar-refractivity contribution in [3.63, 3.8) is 0 Å². The lowest BCUT2D eigenvalue weighted by atomic mass is 10.2. The Morgan fingerprint density at radius 1 is 1.04 bits per heavy atom. The van der Waals surface area contributed by atoms with Crippen LogP contribution in [0.4, 0.5) is 22.0 Å². The molecule has 10 heteroatoms. The SMILES string of the molecule is COc1ccc(C(=O)Oc2c(F)c(F)c(F)c(F)c2F)cc1OCC1CO1. The average molecular weight is 390 g/mol. The third kappa shape index (κ3) is 3.80. The van der Waals surface area contributed by atoms with Crippen molar-refractivity contribution in [2.24, 2.45) is 0 Å². The molecule has 0 saturated carbocycles. The molecule has 5 nitrogen and oxygen atoms in total. The fourth-order valence-electron chi connectivity index (χ4n) is 2.09. The molecule has 1 unspecified atom stereocenters. The second-order valence-electron chi connectivity index (χ2n) is 5.42. The van der Waals surface area contributed by atoms with Crippen LogP contribution in [-0.2, 0) is 4.74 Å². The Labute approximate surface area is 149 Å². The number of carbonyl (C=O) groups excluding carboxylic acids is 1. The number of epoxide rings is 1. The highest BCUT2D eigenvalue weighted by atomic mass is 19.2. The van der Waals surface area contributed by atoms with Gasteiger partial charge in [-0.3, -0.25) is 0 Å². The Kier molecular flexibility index (Phi) is 5.17. The van der Waals surface area contributed by atoms with Crippen molar-refractivity contribution in [1.82, 2.24) is 0 Å². The molecule has 27 heavy (non-hydrogen) atoms. The first-order valence-corrected chi connectivity index (χ1v) is 7.49. The number of esters is 1. The zero-order valence-corrected chi connectivity index (χ0v) is 13.7. The molecule has 0 bridgehead atoms. The van der Waals surface area contributed by atoms with Gasteiger partial charge >= 0.3 is 5.97 Å². The highest BCUT2D eigenvalue weighted by Crippen LogP contribution is 2.32. The van der Waals surface area contributed by atoms with Crippen LogP contribution >= 0.6 is 0 Å². The molecule has 1 aliphatic heterocycles. The van der Waals surface area contributed by atoms with Gasteiger partial charge in [0, 0.05) is 0 Å². The molecule has 2 aromatic rings. The molecule has 2 aromatic carbocycles. The van der Waals surface area contributed by atoms with E-state index in [0.717, 1.165) is 6.07 Å². The van der Waals surface area contributed by atoms with Crippen LogP contribution in [0, 0.1) is 29.1 Å². The number of hydrogen-bond acceptors (Lipinski definition) is 5. The van der Waals surface area contributed by atoms with Crippen molar-refractivity contribution in [2.75, 3.05) is 20.3 Å². The highest BCUT2D eigenvalue weighted by molar-refractivity contribution is 5.92. The van der Waals surface area contributed by atoms with Gasteiger partial charge in [0.2, 0.25) is 34.8 Å². The Morgan fingerprint density at radius 2 is 1.63 bits per heavy atom. The van der Waals surface area contributed by atoms with E-state index in [1.165, 1.54) is 19.2 Å². The molecular weight excluding hydrogens is 379 g/mol. The lowest BCUT2D eigenvalue weighted by molar-refractivity contribution is 0.0715. The van der Waals surface area contributed by atoms with Crippen LogP contribution in [0.25, 0.3) is 0 Å². The topological polar surface area (TPSA) is 57.3 Å². The summed E-state index contributed by atoms with van der Waals surface area (Å²) in [5.74, 6) is -14.0. The van der Waals surface area contributed by atoms with Crippen molar-refractivity contribution in [3.05, 3.63) is 52.8 Å². The summed E-state index contributed by atoms with van der Waals surface area (Å²) >= 11 is 0. The maximum Gasteiger partial charge on any atom is 0.343 e. The van der Waals surface area contributed by atoms with Crippen LogP contribution < -0.4 is 14.2 Å². The number of benzene rings is 2. The van der Waals surface area contributed by atoms with E-state index in [1.54, 1.807) is 0 Å². The Balaban J connectivity index is 1.87. The molecule has 3 rings (SSSR count). The standard InChI is InChI=1S/C17H11F5O5/c1-24-9-3-2-7(4-10(9)26-6-8-5-25-8)17(23)27-16-14(21)12(19)11(18)13(20)15(16)22/h2-4,8H,5-6H2,1H3. The van der Waals surface area contributed by atoms with Crippen molar-refractivity contribution in [2.45, 2.75) is 6.10 Å². The number of ether oxygens (including phenoxy) is 4. The predicted molar refractivity (Wildman–Crippen MR) is 79.4 cm³/mol. The molecule has 1 fully saturated rings. The molecule has 1 aliphatic rings. The average Bonchev–Trinajstić information content (AvgIpc) is 3.50. The lowest BCUT2D eigenvalue weighted by Crippen LogP contribution is -2.14. The van der Waals surface area contributed by atoms with E-state index in [1.807, 2.05) is 0 Å². The quantitative estimate of drug-likeness (QED) is 0.189. The second kappa shape index (κ2) is 7.39. The van der Waals surface area contributed by atoms with Crippen LogP contribution in [0.15, 0.2) is 18.2 Å². The van der Waals surface area contributed by atoms with Gasteiger partial charge in [0.05, 0.1) is 19.3 Å². The Morgan fingerprint density at radius 3 is 2.19 bits per heavy atom. The van der Waals surface area contributed by atoms with Crippen molar-refractivity contribution >= 4 is 5.97 Å². The molecule has 1 heterocycles. The summed E-state index contributed by atoms with van der Waals surface area (Å²) in [5.41, 5.74) is -0.258. The summed E-state index contributed by atoms with van der Waals surface area (Å²) < 4.78 is 86.6. The number of carbonyl (C=O) groups is 1. The minimum atomic E-state index is -2.35. The monoisotopic (exact) mass is 390 g/mol. The highest BCUT2D eigenvalue weighted by Gasteiger charge is 2.29. The van der Waals surface area contributed by atoms with E-state index in [2.05, 4.69) is 4.74 Å². The van der Waals surface area contributed by atoms with E-state index in [9.17, 15) is 26.7 Å². The van der Waals surface area contributed by atoms with E-state index in [4.69, 9.17) is 14.2 Å². The molecule has 0 N–H and O–H groups in total. The van der Waals surface area contributed by atoms with E-state index < -0.39 is 40.8 Å². The first kappa shape index (κ1) is 18.9. The van der Waals surface area contributed by atoms with Gasteiger partial charge in [0.15, 0.2) is 11.5 Å². The van der Waals surface area contributed by atoms with Gasteiger partial charge in [0.1, 0.15) is 12.7 Å². The zero-order valence-electron chi connectivity index (χ0n) is 13.7. The van der Waals surface area contributed by atoms with Gasteiger partial charge < -0.3 is 18.9 Å². The fraction of sp³-hybridized carbons (Fsp3) is 0.235. The maximum absolute atomic E-state index is 13.6. The maximum atomic E-state index is 13.6. The minimum absolute atomic E-state index is 0.0985. The van der Waals surface area contributed by atoms with Crippen molar-refractivity contribution < 1.29 is 45.7 Å². The summed E-state index contributed by atoms with van der Waals surface area (Å²) in [7, 11) is 1.35. The molecule has 144 valence electrons. The zero-order chi connectivity index (χ0) is 19.7. The second-order valence-corrected chi connectivity index (χ2v) is 5.42. The summed E-state index contributed by atoms with van der Waals surface area (Å²) in [5, 5.41) is 0. The largest absolute Gasteiger partial charge is 0.493 e. The number of halogens is 5. The van der Waals surface area contributed by atoms with Gasteiger partial charge in [-0.25, -0.2) is 18.0 Å². The molecule has 0 aliphatic carbocycles. The van der Waals surface area contributed by atoms with Crippen LogP contribution in [0.1, 0.15) is 10.4 Å². The molecule has 0 aromatic heterocycles. The van der Waals surface area contributed by atoms with Crippen LogP contribution in [0.3, 0.4) is 0 Å². The van der Waals surface area contributed by atoms with Gasteiger partial charge in [-0.15, -0.1) is 0 Å². The lowest BCUT2D eigenvalue weighted by Gasteiger charge is -2.12. The van der Waals surface area contributed by atoms with Crippen molar-refractivity contribution in [3.8, 4) is 17.2 Å². The summed E-state index contributed by atoms with van der Waals surface area (Å²) in [6.45, 7) is 0.691. The molecule has 1 atom stereocenters. The van der Waals surface area contributed by atoms with Crippen LogP contribution in [0.5, 0.6) is 17.2 Å². The van der Waals surface area contributed by atoms with Crippen LogP contribution in [-0.4, -0.2) is 32.4 Å². The van der Waals surface area contributed by atoms with E-state index in [0.29, 0.717) is 6.61 Å². The van der Waals surface area contributed by atoms with E-state index in [-0.39, 0.29) is 29.8 Å². The molecule has 0 radical (unpaired) electrons. The first-order chi connectivity index (χ1) is 12.8. The van der Waals surface area contributed by atoms with Gasteiger partial charge in [-0.1, -0.05) is 0 Å². The summed E-state index contributed by atoms with van der Waals surface area (Å²) in [6.07, 6.45) is -0.0985. The molecule has 0 spiro atoms. The summed E-state index contributed by atoms with van der Waals surface area (Å²) in [4.78, 5) is 12.1. The Bertz CT molecular complexity index is 869. The minimum Gasteiger partial charge on any atom is -0.493 e. The van der Waals surface area contributed by atoms with Gasteiger partial charge in [-0.05, 0) is 18.2 Å². The predicted octanol–water partition coefficient (Wildman–Crippen LogP) is 3.39. The number of methoxy groups -OCH3 is 1. The fourth-order valence-corrected chi connectivity index (χ4v) is 2.09. The van der Waals surface area contributed by atoms with Crippen molar-refractivity contribution in [1.29, 1.82) is 0 Å².